The lowest BCUT2D eigenvalue weighted by atomic mass is 9.90. The van der Waals surface area contributed by atoms with Crippen molar-refractivity contribution in [1.29, 1.82) is 0 Å². The van der Waals surface area contributed by atoms with E-state index >= 15 is 0 Å². The van der Waals surface area contributed by atoms with Crippen LogP contribution in [0.3, 0.4) is 0 Å². The number of hydrogen-bond acceptors (Lipinski definition) is 2. The molecule has 1 N–H and O–H groups in total. The van der Waals surface area contributed by atoms with Crippen molar-refractivity contribution in [3.63, 3.8) is 0 Å². The largest absolute Gasteiger partial charge is 0.396 e. The molecule has 0 heterocycles. The second-order valence-corrected chi connectivity index (χ2v) is 4.45. The zero-order chi connectivity index (χ0) is 13.2. The van der Waals surface area contributed by atoms with Gasteiger partial charge in [-0.3, -0.25) is 4.79 Å². The van der Waals surface area contributed by atoms with E-state index in [4.69, 9.17) is 5.11 Å². The number of ketones is 1. The summed E-state index contributed by atoms with van der Waals surface area (Å²) in [7, 11) is 0. The minimum atomic E-state index is 0.0372. The fraction of sp³-hybridized carbons (Fsp3) is 0.438. The molecule has 0 saturated carbocycles. The molecule has 0 bridgehead atoms. The van der Waals surface area contributed by atoms with E-state index in [2.05, 4.69) is 0 Å². The summed E-state index contributed by atoms with van der Waals surface area (Å²) in [6.45, 7) is 2.17. The topological polar surface area (TPSA) is 37.3 Å². The quantitative estimate of drug-likeness (QED) is 0.432. The summed E-state index contributed by atoms with van der Waals surface area (Å²) in [6.07, 6.45) is 7.34. The molecule has 18 heavy (non-hydrogen) atoms. The minimum Gasteiger partial charge on any atom is -0.396 e. The Morgan fingerprint density at radius 1 is 1.28 bits per heavy atom. The fourth-order valence-electron chi connectivity index (χ4n) is 2.00. The van der Waals surface area contributed by atoms with Crippen LogP contribution < -0.4 is 0 Å². The summed E-state index contributed by atoms with van der Waals surface area (Å²) in [5.74, 6) is 0.252. The second kappa shape index (κ2) is 8.65. The standard InChI is InChI=1S/C16H22O2/c1-2-3-9-14(12-7-8-13-17)16(18)15-10-5-4-6-11-15/h2-6,10-11,14,17H,7-9,12-13H2,1H3/b3-2+. The van der Waals surface area contributed by atoms with E-state index in [-0.39, 0.29) is 18.3 Å². The molecular weight excluding hydrogens is 224 g/mol. The van der Waals surface area contributed by atoms with Crippen LogP contribution in [0.1, 0.15) is 43.0 Å². The van der Waals surface area contributed by atoms with Crippen LogP contribution in [0, 0.1) is 5.92 Å². The maximum atomic E-state index is 12.3. The Kier molecular flexibility index (Phi) is 7.04. The molecule has 0 saturated heterocycles. The average molecular weight is 246 g/mol. The molecule has 2 heteroatoms. The van der Waals surface area contributed by atoms with E-state index in [1.807, 2.05) is 49.4 Å². The third kappa shape index (κ3) is 4.84. The van der Waals surface area contributed by atoms with Crippen LogP contribution in [-0.2, 0) is 0 Å². The molecule has 0 aliphatic carbocycles. The van der Waals surface area contributed by atoms with Crippen molar-refractivity contribution in [2.75, 3.05) is 6.61 Å². The van der Waals surface area contributed by atoms with Gasteiger partial charge in [-0.2, -0.15) is 0 Å². The van der Waals surface area contributed by atoms with Gasteiger partial charge in [0.15, 0.2) is 5.78 Å². The van der Waals surface area contributed by atoms with Crippen LogP contribution in [0.15, 0.2) is 42.5 Å². The number of carbonyl (C=O) groups is 1. The Bertz CT molecular complexity index is 368. The summed E-state index contributed by atoms with van der Waals surface area (Å²) in [6, 6.07) is 9.46. The first-order valence-corrected chi connectivity index (χ1v) is 6.61. The number of unbranched alkanes of at least 4 members (excludes halogenated alkanes) is 1. The van der Waals surface area contributed by atoms with E-state index in [1.54, 1.807) is 0 Å². The molecule has 1 rings (SSSR count). The van der Waals surface area contributed by atoms with Crippen LogP contribution in [-0.4, -0.2) is 17.5 Å². The Hall–Kier alpha value is -1.41. The van der Waals surface area contributed by atoms with Gasteiger partial charge in [-0.25, -0.2) is 0 Å². The highest BCUT2D eigenvalue weighted by Crippen LogP contribution is 2.19. The van der Waals surface area contributed by atoms with Crippen molar-refractivity contribution < 1.29 is 9.90 Å². The molecule has 0 radical (unpaired) electrons. The van der Waals surface area contributed by atoms with Gasteiger partial charge >= 0.3 is 0 Å². The summed E-state index contributed by atoms with van der Waals surface area (Å²) >= 11 is 0. The third-order valence-corrected chi connectivity index (χ3v) is 3.05. The average Bonchev–Trinajstić information content (AvgIpc) is 2.43. The van der Waals surface area contributed by atoms with Gasteiger partial charge in [0.25, 0.3) is 0 Å². The van der Waals surface area contributed by atoms with Gasteiger partial charge in [-0.15, -0.1) is 0 Å². The highest BCUT2D eigenvalue weighted by Gasteiger charge is 2.17. The number of hydrogen-bond donors (Lipinski definition) is 1. The third-order valence-electron chi connectivity index (χ3n) is 3.05. The van der Waals surface area contributed by atoms with Crippen molar-refractivity contribution in [3.8, 4) is 0 Å². The number of carbonyl (C=O) groups excluding carboxylic acids is 1. The maximum absolute atomic E-state index is 12.3. The van der Waals surface area contributed by atoms with Gasteiger partial charge in [0.05, 0.1) is 0 Å². The molecule has 98 valence electrons. The molecule has 0 fully saturated rings. The second-order valence-electron chi connectivity index (χ2n) is 4.45. The fourth-order valence-corrected chi connectivity index (χ4v) is 2.00. The highest BCUT2D eigenvalue weighted by molar-refractivity contribution is 5.97. The van der Waals surface area contributed by atoms with Crippen LogP contribution in [0.25, 0.3) is 0 Å². The molecule has 1 aromatic rings. The first-order chi connectivity index (χ1) is 8.79. The first kappa shape index (κ1) is 14.7. The lowest BCUT2D eigenvalue weighted by Gasteiger charge is -2.13. The Morgan fingerprint density at radius 2 is 2.00 bits per heavy atom. The van der Waals surface area contributed by atoms with E-state index in [0.29, 0.717) is 0 Å². The van der Waals surface area contributed by atoms with E-state index in [0.717, 1.165) is 31.2 Å². The molecule has 0 aliphatic heterocycles. The molecule has 1 unspecified atom stereocenters. The summed E-state index contributed by atoms with van der Waals surface area (Å²) < 4.78 is 0. The van der Waals surface area contributed by atoms with Gasteiger partial charge < -0.3 is 5.11 Å². The summed E-state index contributed by atoms with van der Waals surface area (Å²) in [5.41, 5.74) is 0.788. The van der Waals surface area contributed by atoms with E-state index < -0.39 is 0 Å². The van der Waals surface area contributed by atoms with Crippen LogP contribution in [0.4, 0.5) is 0 Å². The lowest BCUT2D eigenvalue weighted by molar-refractivity contribution is 0.0911. The van der Waals surface area contributed by atoms with Gasteiger partial charge in [-0.1, -0.05) is 48.9 Å². The van der Waals surface area contributed by atoms with Crippen molar-refractivity contribution in [1.82, 2.24) is 0 Å². The predicted octanol–water partition coefficient (Wildman–Crippen LogP) is 3.61. The Morgan fingerprint density at radius 3 is 2.61 bits per heavy atom. The van der Waals surface area contributed by atoms with E-state index in [9.17, 15) is 4.79 Å². The number of allylic oxidation sites excluding steroid dienone is 2. The number of aliphatic hydroxyl groups is 1. The van der Waals surface area contributed by atoms with Crippen molar-refractivity contribution in [2.24, 2.45) is 5.92 Å². The highest BCUT2D eigenvalue weighted by atomic mass is 16.2. The molecule has 1 atom stereocenters. The predicted molar refractivity (Wildman–Crippen MR) is 74.6 cm³/mol. The molecule has 0 aromatic heterocycles. The van der Waals surface area contributed by atoms with Crippen LogP contribution in [0.5, 0.6) is 0 Å². The SMILES string of the molecule is C/C=C/CC(CCCCO)C(=O)c1ccccc1. The molecule has 0 spiro atoms. The van der Waals surface area contributed by atoms with Crippen molar-refractivity contribution >= 4 is 5.78 Å². The Balaban J connectivity index is 2.66. The molecule has 2 nitrogen and oxygen atoms in total. The molecule has 0 aliphatic rings. The normalized spacial score (nSPS) is 12.8. The lowest BCUT2D eigenvalue weighted by Crippen LogP contribution is -2.14. The minimum absolute atomic E-state index is 0.0372. The zero-order valence-corrected chi connectivity index (χ0v) is 11.0. The number of aliphatic hydroxyl groups excluding tert-OH is 1. The zero-order valence-electron chi connectivity index (χ0n) is 11.0. The van der Waals surface area contributed by atoms with Crippen LogP contribution >= 0.6 is 0 Å². The molecular formula is C16H22O2. The van der Waals surface area contributed by atoms with E-state index in [1.165, 1.54) is 0 Å². The number of rotatable bonds is 8. The van der Waals surface area contributed by atoms with Gasteiger partial charge in [0.2, 0.25) is 0 Å². The number of benzene rings is 1. The molecule has 0 amide bonds. The summed E-state index contributed by atoms with van der Waals surface area (Å²) in [5, 5.41) is 8.81. The van der Waals surface area contributed by atoms with Crippen molar-refractivity contribution in [3.05, 3.63) is 48.0 Å². The van der Waals surface area contributed by atoms with Crippen molar-refractivity contribution in [2.45, 2.75) is 32.6 Å². The first-order valence-electron chi connectivity index (χ1n) is 6.61. The monoisotopic (exact) mass is 246 g/mol. The summed E-state index contributed by atoms with van der Waals surface area (Å²) in [4.78, 5) is 12.3. The van der Waals surface area contributed by atoms with Gasteiger partial charge in [0.1, 0.15) is 0 Å². The van der Waals surface area contributed by atoms with Crippen LogP contribution in [0.2, 0.25) is 0 Å². The molecule has 1 aromatic carbocycles. The van der Waals surface area contributed by atoms with Gasteiger partial charge in [-0.05, 0) is 26.2 Å². The smallest absolute Gasteiger partial charge is 0.166 e. The maximum Gasteiger partial charge on any atom is 0.166 e. The van der Waals surface area contributed by atoms with Gasteiger partial charge in [0, 0.05) is 18.1 Å². The number of Topliss-reactive ketones (excluding diaryl/α,β-unsaturated/α-hetero) is 1. The Labute approximate surface area is 109 Å².